The quantitative estimate of drug-likeness (QED) is 0.516. The molecule has 0 saturated heterocycles. The SMILES string of the molecule is CCOC(=O)C=C(COC(C)C)NC. The fourth-order valence-electron chi connectivity index (χ4n) is 0.769. The molecule has 0 aromatic heterocycles. The number of likely N-dealkylation sites (N-methyl/N-ethyl adjacent to an activating group) is 1. The van der Waals surface area contributed by atoms with Gasteiger partial charge in [0.2, 0.25) is 0 Å². The van der Waals surface area contributed by atoms with Crippen molar-refractivity contribution < 1.29 is 14.3 Å². The van der Waals surface area contributed by atoms with Crippen LogP contribution in [0.3, 0.4) is 0 Å². The molecule has 0 spiro atoms. The van der Waals surface area contributed by atoms with E-state index in [1.165, 1.54) is 6.08 Å². The molecule has 0 aliphatic rings. The second-order valence-corrected chi connectivity index (χ2v) is 3.03. The topological polar surface area (TPSA) is 47.6 Å². The number of carbonyl (C=O) groups is 1. The zero-order chi connectivity index (χ0) is 11.0. The smallest absolute Gasteiger partial charge is 0.332 e. The molecule has 0 rings (SSSR count). The van der Waals surface area contributed by atoms with Crippen LogP contribution in [-0.4, -0.2) is 32.3 Å². The van der Waals surface area contributed by atoms with Crippen molar-refractivity contribution in [3.63, 3.8) is 0 Å². The molecular formula is C10H19NO3. The summed E-state index contributed by atoms with van der Waals surface area (Å²) in [4.78, 5) is 11.1. The highest BCUT2D eigenvalue weighted by Crippen LogP contribution is 1.95. The van der Waals surface area contributed by atoms with Crippen LogP contribution in [0, 0.1) is 0 Å². The normalized spacial score (nSPS) is 11.6. The van der Waals surface area contributed by atoms with Gasteiger partial charge in [0.25, 0.3) is 0 Å². The number of esters is 1. The van der Waals surface area contributed by atoms with Gasteiger partial charge >= 0.3 is 5.97 Å². The Hall–Kier alpha value is -1.03. The minimum atomic E-state index is -0.343. The van der Waals surface area contributed by atoms with Crippen LogP contribution >= 0.6 is 0 Å². The van der Waals surface area contributed by atoms with Crippen molar-refractivity contribution in [2.24, 2.45) is 0 Å². The average molecular weight is 201 g/mol. The van der Waals surface area contributed by atoms with Gasteiger partial charge in [0.05, 0.1) is 19.3 Å². The Morgan fingerprint density at radius 1 is 1.50 bits per heavy atom. The van der Waals surface area contributed by atoms with Crippen LogP contribution < -0.4 is 5.32 Å². The molecular weight excluding hydrogens is 182 g/mol. The molecule has 0 aromatic rings. The Morgan fingerprint density at radius 2 is 2.14 bits per heavy atom. The molecule has 0 aliphatic heterocycles. The van der Waals surface area contributed by atoms with Crippen LogP contribution in [-0.2, 0) is 14.3 Å². The summed E-state index contributed by atoms with van der Waals surface area (Å²) in [6, 6.07) is 0. The molecule has 0 aliphatic carbocycles. The molecule has 14 heavy (non-hydrogen) atoms. The van der Waals surface area contributed by atoms with Gasteiger partial charge in [0.15, 0.2) is 0 Å². The maximum absolute atomic E-state index is 11.1. The van der Waals surface area contributed by atoms with E-state index in [1.807, 2.05) is 13.8 Å². The predicted molar refractivity (Wildman–Crippen MR) is 54.9 cm³/mol. The minimum Gasteiger partial charge on any atom is -0.463 e. The second kappa shape index (κ2) is 7.38. The highest BCUT2D eigenvalue weighted by Gasteiger charge is 2.02. The van der Waals surface area contributed by atoms with Gasteiger partial charge in [-0.3, -0.25) is 0 Å². The summed E-state index contributed by atoms with van der Waals surface area (Å²) >= 11 is 0. The maximum Gasteiger partial charge on any atom is 0.332 e. The number of ether oxygens (including phenoxy) is 2. The largest absolute Gasteiger partial charge is 0.463 e. The molecule has 0 amide bonds. The third-order valence-corrected chi connectivity index (χ3v) is 1.47. The van der Waals surface area contributed by atoms with Crippen molar-refractivity contribution in [2.45, 2.75) is 26.9 Å². The monoisotopic (exact) mass is 201 g/mol. The molecule has 4 heteroatoms. The summed E-state index contributed by atoms with van der Waals surface area (Å²) in [6.07, 6.45) is 1.56. The van der Waals surface area contributed by atoms with Crippen LogP contribution in [0.25, 0.3) is 0 Å². The highest BCUT2D eigenvalue weighted by atomic mass is 16.5. The van der Waals surface area contributed by atoms with Crippen molar-refractivity contribution in [1.82, 2.24) is 5.32 Å². The summed E-state index contributed by atoms with van der Waals surface area (Å²) in [5.41, 5.74) is 0.720. The number of nitrogens with one attached hydrogen (secondary N) is 1. The number of rotatable bonds is 6. The van der Waals surface area contributed by atoms with Crippen LogP contribution in [0.1, 0.15) is 20.8 Å². The van der Waals surface area contributed by atoms with Gasteiger partial charge in [-0.05, 0) is 20.8 Å². The first-order valence-electron chi connectivity index (χ1n) is 4.76. The fraction of sp³-hybridized carbons (Fsp3) is 0.700. The summed E-state index contributed by atoms with van der Waals surface area (Å²) in [5, 5.41) is 2.88. The van der Waals surface area contributed by atoms with Gasteiger partial charge in [-0.2, -0.15) is 0 Å². The Labute approximate surface area is 85.3 Å². The number of hydrogen-bond acceptors (Lipinski definition) is 4. The summed E-state index contributed by atoms with van der Waals surface area (Å²) in [7, 11) is 1.74. The molecule has 0 heterocycles. The van der Waals surface area contributed by atoms with Gasteiger partial charge < -0.3 is 14.8 Å². The van der Waals surface area contributed by atoms with Crippen molar-refractivity contribution in [2.75, 3.05) is 20.3 Å². The van der Waals surface area contributed by atoms with E-state index in [9.17, 15) is 4.79 Å². The van der Waals surface area contributed by atoms with Crippen molar-refractivity contribution >= 4 is 5.97 Å². The van der Waals surface area contributed by atoms with E-state index in [-0.39, 0.29) is 12.1 Å². The Kier molecular flexibility index (Phi) is 6.84. The van der Waals surface area contributed by atoms with Crippen LogP contribution in [0.5, 0.6) is 0 Å². The zero-order valence-electron chi connectivity index (χ0n) is 9.29. The molecule has 4 nitrogen and oxygen atoms in total. The number of carbonyl (C=O) groups excluding carboxylic acids is 1. The maximum atomic E-state index is 11.1. The van der Waals surface area contributed by atoms with Gasteiger partial charge in [-0.25, -0.2) is 4.79 Å². The first-order chi connectivity index (χ1) is 6.60. The zero-order valence-corrected chi connectivity index (χ0v) is 9.29. The van der Waals surface area contributed by atoms with E-state index < -0.39 is 0 Å². The molecule has 0 atom stereocenters. The molecule has 82 valence electrons. The van der Waals surface area contributed by atoms with E-state index in [0.717, 1.165) is 5.70 Å². The second-order valence-electron chi connectivity index (χ2n) is 3.03. The van der Waals surface area contributed by atoms with Crippen molar-refractivity contribution in [3.8, 4) is 0 Å². The molecule has 0 fully saturated rings. The lowest BCUT2D eigenvalue weighted by molar-refractivity contribution is -0.137. The third kappa shape index (κ3) is 6.48. The molecule has 1 N–H and O–H groups in total. The summed E-state index contributed by atoms with van der Waals surface area (Å²) < 4.78 is 10.1. The Balaban J connectivity index is 4.04. The van der Waals surface area contributed by atoms with Gasteiger partial charge in [0, 0.05) is 18.8 Å². The van der Waals surface area contributed by atoms with Crippen molar-refractivity contribution in [3.05, 3.63) is 11.8 Å². The van der Waals surface area contributed by atoms with E-state index in [2.05, 4.69) is 5.32 Å². The first kappa shape index (κ1) is 13.0. The molecule has 0 radical (unpaired) electrons. The van der Waals surface area contributed by atoms with Gasteiger partial charge in [-0.15, -0.1) is 0 Å². The van der Waals surface area contributed by atoms with E-state index >= 15 is 0 Å². The lowest BCUT2D eigenvalue weighted by atomic mass is 10.4. The van der Waals surface area contributed by atoms with E-state index in [4.69, 9.17) is 9.47 Å². The predicted octanol–water partition coefficient (Wildman–Crippen LogP) is 1.08. The summed E-state index contributed by atoms with van der Waals surface area (Å²) in [5.74, 6) is -0.343. The lowest BCUT2D eigenvalue weighted by Crippen LogP contribution is -2.17. The molecule has 0 unspecified atom stereocenters. The van der Waals surface area contributed by atoms with Gasteiger partial charge in [0.1, 0.15) is 0 Å². The van der Waals surface area contributed by atoms with Crippen LogP contribution in [0.15, 0.2) is 11.8 Å². The average Bonchev–Trinajstić information content (AvgIpc) is 2.12. The number of hydrogen-bond donors (Lipinski definition) is 1. The molecule has 0 saturated carbocycles. The first-order valence-corrected chi connectivity index (χ1v) is 4.76. The van der Waals surface area contributed by atoms with Crippen LogP contribution in [0.4, 0.5) is 0 Å². The van der Waals surface area contributed by atoms with E-state index in [0.29, 0.717) is 13.2 Å². The minimum absolute atomic E-state index is 0.147. The molecule has 0 aromatic carbocycles. The summed E-state index contributed by atoms with van der Waals surface area (Å²) in [6.45, 7) is 6.44. The standard InChI is InChI=1S/C10H19NO3/c1-5-13-10(12)6-9(11-4)7-14-8(2)3/h6,8,11H,5,7H2,1-4H3. The third-order valence-electron chi connectivity index (χ3n) is 1.47. The van der Waals surface area contributed by atoms with Gasteiger partial charge in [-0.1, -0.05) is 0 Å². The highest BCUT2D eigenvalue weighted by molar-refractivity contribution is 5.82. The van der Waals surface area contributed by atoms with Crippen molar-refractivity contribution in [1.29, 1.82) is 0 Å². The Morgan fingerprint density at radius 3 is 2.57 bits per heavy atom. The fourth-order valence-corrected chi connectivity index (χ4v) is 0.769. The lowest BCUT2D eigenvalue weighted by Gasteiger charge is -2.10. The Bertz CT molecular complexity index is 200. The molecule has 0 bridgehead atoms. The van der Waals surface area contributed by atoms with E-state index in [1.54, 1.807) is 14.0 Å². The van der Waals surface area contributed by atoms with Crippen LogP contribution in [0.2, 0.25) is 0 Å².